The van der Waals surface area contributed by atoms with Gasteiger partial charge in [-0.3, -0.25) is 14.2 Å². The highest BCUT2D eigenvalue weighted by atomic mass is 32.1. The van der Waals surface area contributed by atoms with Gasteiger partial charge in [0.15, 0.2) is 0 Å². The summed E-state index contributed by atoms with van der Waals surface area (Å²) in [4.78, 5) is 41.4. The zero-order chi connectivity index (χ0) is 19.1. The fourth-order valence-electron chi connectivity index (χ4n) is 2.29. The molecule has 0 aromatic carbocycles. The molecule has 26 heavy (non-hydrogen) atoms. The maximum Gasteiger partial charge on any atom is 0.339 e. The Hall–Kier alpha value is -2.26. The maximum absolute atomic E-state index is 12.7. The Kier molecular flexibility index (Phi) is 7.28. The highest BCUT2D eigenvalue weighted by molar-refractivity contribution is 7.17. The van der Waals surface area contributed by atoms with E-state index >= 15 is 0 Å². The van der Waals surface area contributed by atoms with Gasteiger partial charge in [0.1, 0.15) is 17.5 Å². The van der Waals surface area contributed by atoms with Crippen LogP contribution in [0, 0.1) is 0 Å². The van der Waals surface area contributed by atoms with Crippen LogP contribution in [0.2, 0.25) is 0 Å². The third-order valence-electron chi connectivity index (χ3n) is 3.55. The van der Waals surface area contributed by atoms with Gasteiger partial charge in [0.05, 0.1) is 30.5 Å². The Morgan fingerprint density at radius 2 is 2.15 bits per heavy atom. The lowest BCUT2D eigenvalue weighted by molar-refractivity contribution is -0.151. The van der Waals surface area contributed by atoms with Gasteiger partial charge >= 0.3 is 11.9 Å². The number of aromatic nitrogens is 2. The van der Waals surface area contributed by atoms with E-state index in [1.165, 1.54) is 24.8 Å². The average molecular weight is 382 g/mol. The van der Waals surface area contributed by atoms with E-state index in [1.54, 1.807) is 12.3 Å². The molecule has 0 bridgehead atoms. The standard InChI is InChI=1S/C17H22N2O6S/c1-4-5-6-24-17(22)12-9-26-15-14(12)16(21)19(10-18-15)7-13(20)25-11(2)8-23-3/h9-11H,4-8H2,1-3H3. The van der Waals surface area contributed by atoms with Crippen LogP contribution >= 0.6 is 11.3 Å². The topological polar surface area (TPSA) is 96.7 Å². The largest absolute Gasteiger partial charge is 0.462 e. The predicted octanol–water partition coefficient (Wildman–Crippen LogP) is 1.99. The molecule has 2 rings (SSSR count). The third kappa shape index (κ3) is 4.89. The quantitative estimate of drug-likeness (QED) is 0.483. The molecule has 0 saturated heterocycles. The molecule has 0 amide bonds. The Labute approximate surface area is 154 Å². The number of rotatable bonds is 9. The van der Waals surface area contributed by atoms with Gasteiger partial charge in [-0.15, -0.1) is 11.3 Å². The van der Waals surface area contributed by atoms with Crippen LogP contribution in [0.4, 0.5) is 0 Å². The Morgan fingerprint density at radius 1 is 1.38 bits per heavy atom. The van der Waals surface area contributed by atoms with Crippen molar-refractivity contribution < 1.29 is 23.8 Å². The van der Waals surface area contributed by atoms with Crippen molar-refractivity contribution in [2.45, 2.75) is 39.3 Å². The first-order chi connectivity index (χ1) is 12.5. The number of thiophene rings is 1. The second kappa shape index (κ2) is 9.44. The van der Waals surface area contributed by atoms with E-state index in [2.05, 4.69) is 4.98 Å². The number of carbonyl (C=O) groups excluding carboxylic acids is 2. The summed E-state index contributed by atoms with van der Waals surface area (Å²) in [5, 5.41) is 1.72. The molecule has 2 aromatic rings. The molecule has 2 aromatic heterocycles. The first-order valence-electron chi connectivity index (χ1n) is 8.30. The summed E-state index contributed by atoms with van der Waals surface area (Å²) in [6.45, 7) is 3.94. The van der Waals surface area contributed by atoms with Crippen molar-refractivity contribution in [1.29, 1.82) is 0 Å². The van der Waals surface area contributed by atoms with Crippen LogP contribution in [-0.2, 0) is 25.5 Å². The average Bonchev–Trinajstić information content (AvgIpc) is 3.02. The molecule has 0 aliphatic heterocycles. The van der Waals surface area contributed by atoms with Crippen molar-refractivity contribution in [3.8, 4) is 0 Å². The third-order valence-corrected chi connectivity index (χ3v) is 4.43. The minimum atomic E-state index is -0.583. The van der Waals surface area contributed by atoms with Crippen molar-refractivity contribution in [3.63, 3.8) is 0 Å². The zero-order valence-corrected chi connectivity index (χ0v) is 15.8. The lowest BCUT2D eigenvalue weighted by Gasteiger charge is -2.12. The molecule has 0 aliphatic carbocycles. The number of nitrogens with zero attached hydrogens (tertiary/aromatic N) is 2. The summed E-state index contributed by atoms with van der Waals surface area (Å²) in [5.74, 6) is -1.14. The van der Waals surface area contributed by atoms with E-state index in [0.717, 1.165) is 17.4 Å². The lowest BCUT2D eigenvalue weighted by atomic mass is 10.2. The zero-order valence-electron chi connectivity index (χ0n) is 15.0. The number of unbranched alkanes of at least 4 members (excludes halogenated alkanes) is 1. The number of hydrogen-bond donors (Lipinski definition) is 0. The molecule has 9 heteroatoms. The number of ether oxygens (including phenoxy) is 3. The van der Waals surface area contributed by atoms with Gasteiger partial charge in [0.2, 0.25) is 0 Å². The lowest BCUT2D eigenvalue weighted by Crippen LogP contribution is -2.29. The second-order valence-electron chi connectivity index (χ2n) is 5.75. The molecule has 1 atom stereocenters. The monoisotopic (exact) mass is 382 g/mol. The SMILES string of the molecule is CCCCOC(=O)c1csc2ncn(CC(=O)OC(C)COC)c(=O)c12. The van der Waals surface area contributed by atoms with Crippen LogP contribution in [0.3, 0.4) is 0 Å². The van der Waals surface area contributed by atoms with Gasteiger partial charge < -0.3 is 14.2 Å². The van der Waals surface area contributed by atoms with Crippen molar-refractivity contribution in [3.05, 3.63) is 27.6 Å². The summed E-state index contributed by atoms with van der Waals surface area (Å²) < 4.78 is 16.3. The van der Waals surface area contributed by atoms with Gasteiger partial charge in [0, 0.05) is 12.5 Å². The minimum Gasteiger partial charge on any atom is -0.462 e. The summed E-state index contributed by atoms with van der Waals surface area (Å²) in [5.41, 5.74) is -0.302. The van der Waals surface area contributed by atoms with E-state index in [1.807, 2.05) is 6.92 Å². The smallest absolute Gasteiger partial charge is 0.339 e. The maximum atomic E-state index is 12.7. The van der Waals surface area contributed by atoms with Crippen molar-refractivity contribution >= 4 is 33.5 Å². The summed E-state index contributed by atoms with van der Waals surface area (Å²) in [6.07, 6.45) is 2.50. The van der Waals surface area contributed by atoms with E-state index < -0.39 is 23.6 Å². The number of fused-ring (bicyclic) bond motifs is 1. The number of hydrogen-bond acceptors (Lipinski definition) is 8. The van der Waals surface area contributed by atoms with Crippen molar-refractivity contribution in [2.75, 3.05) is 20.3 Å². The molecule has 142 valence electrons. The number of methoxy groups -OCH3 is 1. The van der Waals surface area contributed by atoms with E-state index in [9.17, 15) is 14.4 Å². The first kappa shape index (κ1) is 20.1. The van der Waals surface area contributed by atoms with Crippen molar-refractivity contribution in [1.82, 2.24) is 9.55 Å². The molecule has 0 N–H and O–H groups in total. The van der Waals surface area contributed by atoms with E-state index in [4.69, 9.17) is 14.2 Å². The van der Waals surface area contributed by atoms with Crippen LogP contribution in [-0.4, -0.2) is 47.9 Å². The van der Waals surface area contributed by atoms with Crippen LogP contribution in [0.1, 0.15) is 37.0 Å². The van der Waals surface area contributed by atoms with Crippen LogP contribution < -0.4 is 5.56 Å². The molecule has 8 nitrogen and oxygen atoms in total. The molecule has 0 saturated carbocycles. The fraction of sp³-hybridized carbons (Fsp3) is 0.529. The summed E-state index contributed by atoms with van der Waals surface area (Å²) in [6, 6.07) is 0. The number of esters is 2. The molecule has 2 heterocycles. The molecule has 0 fully saturated rings. The Morgan fingerprint density at radius 3 is 2.85 bits per heavy atom. The fourth-order valence-corrected chi connectivity index (χ4v) is 3.15. The molecule has 0 radical (unpaired) electrons. The summed E-state index contributed by atoms with van der Waals surface area (Å²) in [7, 11) is 1.50. The normalized spacial score (nSPS) is 12.1. The molecular formula is C17H22N2O6S. The van der Waals surface area contributed by atoms with Crippen LogP contribution in [0.25, 0.3) is 10.2 Å². The van der Waals surface area contributed by atoms with Crippen molar-refractivity contribution in [2.24, 2.45) is 0 Å². The van der Waals surface area contributed by atoms with Crippen LogP contribution in [0.15, 0.2) is 16.5 Å². The van der Waals surface area contributed by atoms with Gasteiger partial charge in [-0.1, -0.05) is 13.3 Å². The van der Waals surface area contributed by atoms with Gasteiger partial charge in [-0.25, -0.2) is 9.78 Å². The Bertz CT molecular complexity index is 828. The van der Waals surface area contributed by atoms with Gasteiger partial charge in [-0.05, 0) is 13.3 Å². The second-order valence-corrected chi connectivity index (χ2v) is 6.61. The van der Waals surface area contributed by atoms with Crippen LogP contribution in [0.5, 0.6) is 0 Å². The highest BCUT2D eigenvalue weighted by Crippen LogP contribution is 2.21. The predicted molar refractivity (Wildman–Crippen MR) is 96.5 cm³/mol. The highest BCUT2D eigenvalue weighted by Gasteiger charge is 2.20. The minimum absolute atomic E-state index is 0.164. The summed E-state index contributed by atoms with van der Waals surface area (Å²) >= 11 is 1.18. The van der Waals surface area contributed by atoms with E-state index in [-0.39, 0.29) is 24.1 Å². The Balaban J connectivity index is 2.21. The number of carbonyl (C=O) groups is 2. The van der Waals surface area contributed by atoms with Gasteiger partial charge in [0.25, 0.3) is 5.56 Å². The molecular weight excluding hydrogens is 360 g/mol. The van der Waals surface area contributed by atoms with Gasteiger partial charge in [-0.2, -0.15) is 0 Å². The van der Waals surface area contributed by atoms with E-state index in [0.29, 0.717) is 11.4 Å². The first-order valence-corrected chi connectivity index (χ1v) is 9.18. The molecule has 0 spiro atoms. The molecule has 0 aliphatic rings. The molecule has 1 unspecified atom stereocenters.